The summed E-state index contributed by atoms with van der Waals surface area (Å²) in [4.78, 5) is 6.63. The number of nitrogens with zero attached hydrogens (tertiary/aromatic N) is 2. The third kappa shape index (κ3) is 5.57. The smallest absolute Gasteiger partial charge is 0.128 e. The van der Waals surface area contributed by atoms with Crippen LogP contribution in [0, 0.1) is 0 Å². The van der Waals surface area contributed by atoms with E-state index in [-0.39, 0.29) is 0 Å². The zero-order valence-corrected chi connectivity index (χ0v) is 12.6. The predicted octanol–water partition coefficient (Wildman–Crippen LogP) is 2.61. The van der Waals surface area contributed by atoms with Gasteiger partial charge in [0, 0.05) is 32.4 Å². The molecule has 0 fully saturated rings. The number of hydrogen-bond donors (Lipinski definition) is 1. The Morgan fingerprint density at radius 2 is 2.16 bits per heavy atom. The molecule has 4 nitrogen and oxygen atoms in total. The van der Waals surface area contributed by atoms with Crippen molar-refractivity contribution in [3.8, 4) is 0 Å². The first-order valence-electron chi connectivity index (χ1n) is 7.17. The van der Waals surface area contributed by atoms with Crippen LogP contribution in [-0.2, 0) is 4.74 Å². The number of ether oxygens (including phenoxy) is 1. The van der Waals surface area contributed by atoms with E-state index in [1.165, 1.54) is 5.56 Å². The lowest BCUT2D eigenvalue weighted by atomic mass is 10.1. The van der Waals surface area contributed by atoms with E-state index in [0.29, 0.717) is 6.04 Å². The highest BCUT2D eigenvalue weighted by Crippen LogP contribution is 2.15. The first-order chi connectivity index (χ1) is 9.19. The Bertz CT molecular complexity index is 340. The van der Waals surface area contributed by atoms with Gasteiger partial charge in [-0.3, -0.25) is 0 Å². The molecule has 0 bridgehead atoms. The van der Waals surface area contributed by atoms with Gasteiger partial charge in [-0.1, -0.05) is 13.0 Å². The van der Waals surface area contributed by atoms with E-state index >= 15 is 0 Å². The number of anilines is 1. The number of nitrogens with one attached hydrogen (secondary N) is 1. The normalized spacial score (nSPS) is 12.4. The lowest BCUT2D eigenvalue weighted by Crippen LogP contribution is -2.24. The second-order valence-electron chi connectivity index (χ2n) is 4.74. The van der Waals surface area contributed by atoms with Gasteiger partial charge in [0.05, 0.1) is 6.61 Å². The minimum atomic E-state index is 0.357. The van der Waals surface area contributed by atoms with Gasteiger partial charge < -0.3 is 15.0 Å². The molecule has 0 aliphatic carbocycles. The van der Waals surface area contributed by atoms with Crippen molar-refractivity contribution in [3.05, 3.63) is 23.9 Å². The molecule has 1 unspecified atom stereocenters. The van der Waals surface area contributed by atoms with Crippen molar-refractivity contribution < 1.29 is 4.74 Å². The maximum Gasteiger partial charge on any atom is 0.128 e. The van der Waals surface area contributed by atoms with Gasteiger partial charge in [-0.2, -0.15) is 0 Å². The SMILES string of the molecule is CCCNC(C)c1ccc(N(C)CCOCC)nc1. The zero-order chi connectivity index (χ0) is 14.1. The van der Waals surface area contributed by atoms with Crippen molar-refractivity contribution in [2.45, 2.75) is 33.2 Å². The quantitative estimate of drug-likeness (QED) is 0.696. The molecule has 19 heavy (non-hydrogen) atoms. The van der Waals surface area contributed by atoms with E-state index in [1.807, 2.05) is 20.2 Å². The first kappa shape index (κ1) is 15.9. The third-order valence-corrected chi connectivity index (χ3v) is 3.14. The molecule has 1 rings (SSSR count). The van der Waals surface area contributed by atoms with E-state index in [9.17, 15) is 0 Å². The van der Waals surface area contributed by atoms with Gasteiger partial charge in [0.2, 0.25) is 0 Å². The summed E-state index contributed by atoms with van der Waals surface area (Å²) in [5, 5.41) is 3.47. The fourth-order valence-electron chi connectivity index (χ4n) is 1.82. The fourth-order valence-corrected chi connectivity index (χ4v) is 1.82. The van der Waals surface area contributed by atoms with E-state index in [0.717, 1.165) is 38.5 Å². The summed E-state index contributed by atoms with van der Waals surface area (Å²) in [6, 6.07) is 4.58. The monoisotopic (exact) mass is 265 g/mol. The van der Waals surface area contributed by atoms with E-state index in [2.05, 4.69) is 41.2 Å². The lowest BCUT2D eigenvalue weighted by molar-refractivity contribution is 0.154. The number of rotatable bonds is 9. The second kappa shape index (κ2) is 8.88. The van der Waals surface area contributed by atoms with Crippen LogP contribution in [0.25, 0.3) is 0 Å². The van der Waals surface area contributed by atoms with Crippen LogP contribution in [-0.4, -0.2) is 38.3 Å². The third-order valence-electron chi connectivity index (χ3n) is 3.14. The molecule has 0 aromatic carbocycles. The van der Waals surface area contributed by atoms with Crippen molar-refractivity contribution in [3.63, 3.8) is 0 Å². The average Bonchev–Trinajstić information content (AvgIpc) is 2.45. The Kier molecular flexibility index (Phi) is 7.45. The largest absolute Gasteiger partial charge is 0.380 e. The Morgan fingerprint density at radius 1 is 1.37 bits per heavy atom. The molecular formula is C15H27N3O. The van der Waals surface area contributed by atoms with Gasteiger partial charge >= 0.3 is 0 Å². The first-order valence-corrected chi connectivity index (χ1v) is 7.17. The van der Waals surface area contributed by atoms with Crippen LogP contribution in [0.4, 0.5) is 5.82 Å². The molecule has 0 aliphatic heterocycles. The van der Waals surface area contributed by atoms with E-state index < -0.39 is 0 Å². The Labute approximate surface area is 117 Å². The molecule has 1 atom stereocenters. The highest BCUT2D eigenvalue weighted by Gasteiger charge is 2.06. The Morgan fingerprint density at radius 3 is 2.74 bits per heavy atom. The maximum atomic E-state index is 5.35. The van der Waals surface area contributed by atoms with Crippen molar-refractivity contribution >= 4 is 5.82 Å². The van der Waals surface area contributed by atoms with Crippen molar-refractivity contribution in [2.75, 3.05) is 38.3 Å². The van der Waals surface area contributed by atoms with Crippen molar-refractivity contribution in [1.82, 2.24) is 10.3 Å². The summed E-state index contributed by atoms with van der Waals surface area (Å²) in [5.74, 6) is 0.992. The Balaban J connectivity index is 2.50. The molecule has 0 saturated carbocycles. The number of aromatic nitrogens is 1. The molecule has 1 N–H and O–H groups in total. The molecule has 1 heterocycles. The second-order valence-corrected chi connectivity index (χ2v) is 4.74. The fraction of sp³-hybridized carbons (Fsp3) is 0.667. The molecule has 0 amide bonds. The van der Waals surface area contributed by atoms with Crippen LogP contribution in [0.5, 0.6) is 0 Å². The van der Waals surface area contributed by atoms with Crippen LogP contribution < -0.4 is 10.2 Å². The molecule has 0 spiro atoms. The predicted molar refractivity (Wildman–Crippen MR) is 80.7 cm³/mol. The molecule has 0 saturated heterocycles. The van der Waals surface area contributed by atoms with Crippen molar-refractivity contribution in [2.24, 2.45) is 0 Å². The van der Waals surface area contributed by atoms with Gasteiger partial charge in [0.15, 0.2) is 0 Å². The molecule has 108 valence electrons. The summed E-state index contributed by atoms with van der Waals surface area (Å²) in [6.45, 7) is 9.77. The molecule has 1 aromatic rings. The Hall–Kier alpha value is -1.13. The van der Waals surface area contributed by atoms with E-state index in [1.54, 1.807) is 0 Å². The maximum absolute atomic E-state index is 5.35. The molecular weight excluding hydrogens is 238 g/mol. The summed E-state index contributed by atoms with van der Waals surface area (Å²) < 4.78 is 5.35. The summed E-state index contributed by atoms with van der Waals surface area (Å²) in [5.41, 5.74) is 1.23. The number of likely N-dealkylation sites (N-methyl/N-ethyl adjacent to an activating group) is 1. The van der Waals surface area contributed by atoms with Gasteiger partial charge in [-0.25, -0.2) is 4.98 Å². The van der Waals surface area contributed by atoms with Gasteiger partial charge in [0.25, 0.3) is 0 Å². The molecule has 1 aromatic heterocycles. The molecule has 0 aliphatic rings. The van der Waals surface area contributed by atoms with Crippen LogP contribution in [0.15, 0.2) is 18.3 Å². The summed E-state index contributed by atoms with van der Waals surface area (Å²) in [7, 11) is 2.04. The number of pyridine rings is 1. The topological polar surface area (TPSA) is 37.4 Å². The van der Waals surface area contributed by atoms with Crippen molar-refractivity contribution in [1.29, 1.82) is 0 Å². The average molecular weight is 265 g/mol. The summed E-state index contributed by atoms with van der Waals surface area (Å²) >= 11 is 0. The minimum absolute atomic E-state index is 0.357. The van der Waals surface area contributed by atoms with Gasteiger partial charge in [-0.05, 0) is 38.4 Å². The summed E-state index contributed by atoms with van der Waals surface area (Å²) in [6.07, 6.45) is 3.11. The van der Waals surface area contributed by atoms with Crippen LogP contribution >= 0.6 is 0 Å². The lowest BCUT2D eigenvalue weighted by Gasteiger charge is -2.19. The highest BCUT2D eigenvalue weighted by molar-refractivity contribution is 5.38. The number of hydrogen-bond acceptors (Lipinski definition) is 4. The van der Waals surface area contributed by atoms with Crippen LogP contribution in [0.1, 0.15) is 38.8 Å². The molecule has 0 radical (unpaired) electrons. The van der Waals surface area contributed by atoms with Gasteiger partial charge in [-0.15, -0.1) is 0 Å². The molecule has 4 heteroatoms. The zero-order valence-electron chi connectivity index (χ0n) is 12.6. The highest BCUT2D eigenvalue weighted by atomic mass is 16.5. The van der Waals surface area contributed by atoms with E-state index in [4.69, 9.17) is 4.74 Å². The minimum Gasteiger partial charge on any atom is -0.380 e. The standard InChI is InChI=1S/C15H27N3O/c1-5-9-16-13(3)14-7-8-15(17-12-14)18(4)10-11-19-6-2/h7-8,12-13,16H,5-6,9-11H2,1-4H3. The van der Waals surface area contributed by atoms with Crippen LogP contribution in [0.3, 0.4) is 0 Å². The van der Waals surface area contributed by atoms with Gasteiger partial charge in [0.1, 0.15) is 5.82 Å². The van der Waals surface area contributed by atoms with Crippen LogP contribution in [0.2, 0.25) is 0 Å².